The van der Waals surface area contributed by atoms with Crippen molar-refractivity contribution >= 4 is 16.9 Å². The van der Waals surface area contributed by atoms with Gasteiger partial charge in [0.2, 0.25) is 5.95 Å². The van der Waals surface area contributed by atoms with Crippen LogP contribution in [0.15, 0.2) is 24.4 Å². The summed E-state index contributed by atoms with van der Waals surface area (Å²) in [7, 11) is 0. The second kappa shape index (κ2) is 8.82. The van der Waals surface area contributed by atoms with Crippen LogP contribution in [-0.4, -0.2) is 71.6 Å². The molecule has 7 nitrogen and oxygen atoms in total. The first-order valence-corrected chi connectivity index (χ1v) is 9.90. The van der Waals surface area contributed by atoms with Gasteiger partial charge in [-0.3, -0.25) is 4.90 Å². The number of benzene rings is 1. The Morgan fingerprint density at radius 1 is 1.19 bits per heavy atom. The van der Waals surface area contributed by atoms with Crippen molar-refractivity contribution in [3.63, 3.8) is 0 Å². The molecule has 1 saturated heterocycles. The van der Waals surface area contributed by atoms with E-state index in [-0.39, 0.29) is 6.10 Å². The van der Waals surface area contributed by atoms with Crippen molar-refractivity contribution in [1.82, 2.24) is 14.9 Å². The summed E-state index contributed by atoms with van der Waals surface area (Å²) in [5, 5.41) is 14.0. The molecule has 1 aliphatic carbocycles. The Morgan fingerprint density at radius 3 is 2.81 bits per heavy atom. The van der Waals surface area contributed by atoms with Crippen molar-refractivity contribution in [2.24, 2.45) is 0 Å². The molecule has 27 heavy (non-hydrogen) atoms. The van der Waals surface area contributed by atoms with Gasteiger partial charge >= 0.3 is 0 Å². The van der Waals surface area contributed by atoms with E-state index in [1.54, 1.807) is 0 Å². The van der Waals surface area contributed by atoms with E-state index in [0.717, 1.165) is 75.2 Å². The van der Waals surface area contributed by atoms with E-state index in [1.165, 1.54) is 0 Å². The van der Waals surface area contributed by atoms with Crippen LogP contribution in [0.25, 0.3) is 10.9 Å². The van der Waals surface area contributed by atoms with Gasteiger partial charge in [0.15, 0.2) is 0 Å². The van der Waals surface area contributed by atoms with E-state index in [9.17, 15) is 5.11 Å². The predicted octanol–water partition coefficient (Wildman–Crippen LogP) is 2.06. The lowest BCUT2D eigenvalue weighted by molar-refractivity contribution is 0.0322. The highest BCUT2D eigenvalue weighted by atomic mass is 16.5. The Balaban J connectivity index is 1.35. The molecule has 0 amide bonds. The van der Waals surface area contributed by atoms with Gasteiger partial charge in [0, 0.05) is 43.3 Å². The van der Waals surface area contributed by atoms with Gasteiger partial charge in [0.25, 0.3) is 0 Å². The van der Waals surface area contributed by atoms with E-state index in [4.69, 9.17) is 9.47 Å². The van der Waals surface area contributed by atoms with Crippen molar-refractivity contribution in [2.45, 2.75) is 37.8 Å². The number of aliphatic hydroxyl groups excluding tert-OH is 1. The molecular weight excluding hydrogens is 344 g/mol. The van der Waals surface area contributed by atoms with Crippen LogP contribution in [0.3, 0.4) is 0 Å². The molecule has 1 saturated carbocycles. The lowest BCUT2D eigenvalue weighted by atomic mass is 9.93. The quantitative estimate of drug-likeness (QED) is 0.803. The van der Waals surface area contributed by atoms with Crippen molar-refractivity contribution in [3.05, 3.63) is 24.4 Å². The van der Waals surface area contributed by atoms with E-state index in [0.29, 0.717) is 18.6 Å². The SMILES string of the molecule is O[C@H]1CC[C@H](Nc2ncc3ccc(OCCN4CCOCC4)cc3n2)CC1. The summed E-state index contributed by atoms with van der Waals surface area (Å²) in [5.74, 6) is 1.48. The number of hydrogen-bond donors (Lipinski definition) is 2. The third-order valence-corrected chi connectivity index (χ3v) is 5.36. The highest BCUT2D eigenvalue weighted by molar-refractivity contribution is 5.80. The highest BCUT2D eigenvalue weighted by Gasteiger charge is 2.19. The normalized spacial score (nSPS) is 24.0. The number of nitrogens with zero attached hydrogens (tertiary/aromatic N) is 3. The average Bonchev–Trinajstić information content (AvgIpc) is 2.70. The summed E-state index contributed by atoms with van der Waals surface area (Å²) in [6.45, 7) is 5.13. The second-order valence-electron chi connectivity index (χ2n) is 7.37. The highest BCUT2D eigenvalue weighted by Crippen LogP contribution is 2.23. The summed E-state index contributed by atoms with van der Waals surface area (Å²) < 4.78 is 11.3. The Kier molecular flexibility index (Phi) is 6.01. The maximum absolute atomic E-state index is 9.64. The minimum Gasteiger partial charge on any atom is -0.492 e. The summed E-state index contributed by atoms with van der Waals surface area (Å²) in [4.78, 5) is 11.4. The van der Waals surface area contributed by atoms with E-state index < -0.39 is 0 Å². The Bertz CT molecular complexity index is 743. The van der Waals surface area contributed by atoms with Crippen molar-refractivity contribution in [2.75, 3.05) is 44.8 Å². The van der Waals surface area contributed by atoms with Crippen LogP contribution >= 0.6 is 0 Å². The number of aliphatic hydroxyl groups is 1. The molecule has 146 valence electrons. The second-order valence-corrected chi connectivity index (χ2v) is 7.37. The van der Waals surface area contributed by atoms with Gasteiger partial charge in [-0.2, -0.15) is 0 Å². The third-order valence-electron chi connectivity index (χ3n) is 5.36. The Labute approximate surface area is 159 Å². The van der Waals surface area contributed by atoms with Gasteiger partial charge < -0.3 is 19.9 Å². The Morgan fingerprint density at radius 2 is 2.00 bits per heavy atom. The summed E-state index contributed by atoms with van der Waals surface area (Å²) in [5.41, 5.74) is 0.882. The van der Waals surface area contributed by atoms with Crippen molar-refractivity contribution in [3.8, 4) is 5.75 Å². The first kappa shape index (κ1) is 18.4. The zero-order chi connectivity index (χ0) is 18.5. The summed E-state index contributed by atoms with van der Waals surface area (Å²) in [6, 6.07) is 6.28. The molecule has 0 bridgehead atoms. The van der Waals surface area contributed by atoms with Crippen LogP contribution < -0.4 is 10.1 Å². The lowest BCUT2D eigenvalue weighted by Crippen LogP contribution is -2.38. The number of morpholine rings is 1. The molecular formula is C20H28N4O3. The molecule has 2 aromatic rings. The minimum atomic E-state index is -0.155. The standard InChI is InChI=1S/C20H28N4O3/c25-17-4-2-16(3-5-17)22-20-21-14-15-1-6-18(13-19(15)23-20)27-12-9-24-7-10-26-11-8-24/h1,6,13-14,16-17,25H,2-5,7-12H2,(H,21,22,23)/t16-,17-. The fourth-order valence-corrected chi connectivity index (χ4v) is 3.68. The van der Waals surface area contributed by atoms with Crippen molar-refractivity contribution < 1.29 is 14.6 Å². The molecule has 0 spiro atoms. The number of anilines is 1. The Hall–Kier alpha value is -1.96. The number of nitrogens with one attached hydrogen (secondary N) is 1. The molecule has 1 aliphatic heterocycles. The number of ether oxygens (including phenoxy) is 2. The monoisotopic (exact) mass is 372 g/mol. The van der Waals surface area contributed by atoms with Crippen LogP contribution in [0.2, 0.25) is 0 Å². The van der Waals surface area contributed by atoms with Crippen LogP contribution in [0, 0.1) is 0 Å². The van der Waals surface area contributed by atoms with Crippen LogP contribution in [-0.2, 0) is 4.74 Å². The molecule has 0 atom stereocenters. The molecule has 1 aromatic carbocycles. The molecule has 0 unspecified atom stereocenters. The fraction of sp³-hybridized carbons (Fsp3) is 0.600. The van der Waals surface area contributed by atoms with Gasteiger partial charge in [-0.1, -0.05) is 0 Å². The maximum atomic E-state index is 9.64. The van der Waals surface area contributed by atoms with Gasteiger partial charge in [-0.05, 0) is 37.8 Å². The zero-order valence-corrected chi connectivity index (χ0v) is 15.6. The lowest BCUT2D eigenvalue weighted by Gasteiger charge is -2.26. The number of aromatic nitrogens is 2. The molecule has 0 radical (unpaired) electrons. The first-order chi connectivity index (χ1) is 13.3. The molecule has 7 heteroatoms. The van der Waals surface area contributed by atoms with Crippen LogP contribution in [0.4, 0.5) is 5.95 Å². The van der Waals surface area contributed by atoms with E-state index in [2.05, 4.69) is 20.2 Å². The third kappa shape index (κ3) is 5.06. The van der Waals surface area contributed by atoms with Gasteiger partial charge in [0.1, 0.15) is 12.4 Å². The first-order valence-electron chi connectivity index (χ1n) is 9.90. The topological polar surface area (TPSA) is 79.7 Å². The largest absolute Gasteiger partial charge is 0.492 e. The molecule has 2 aliphatic rings. The molecule has 2 N–H and O–H groups in total. The maximum Gasteiger partial charge on any atom is 0.223 e. The number of hydrogen-bond acceptors (Lipinski definition) is 7. The zero-order valence-electron chi connectivity index (χ0n) is 15.6. The van der Waals surface area contributed by atoms with Gasteiger partial charge in [0.05, 0.1) is 24.8 Å². The summed E-state index contributed by atoms with van der Waals surface area (Å²) in [6.07, 6.45) is 5.27. The predicted molar refractivity (Wildman–Crippen MR) is 104 cm³/mol. The molecule has 1 aromatic heterocycles. The summed E-state index contributed by atoms with van der Waals surface area (Å²) >= 11 is 0. The number of rotatable bonds is 6. The molecule has 2 heterocycles. The molecule has 2 fully saturated rings. The molecule has 4 rings (SSSR count). The average molecular weight is 372 g/mol. The van der Waals surface area contributed by atoms with Crippen LogP contribution in [0.1, 0.15) is 25.7 Å². The smallest absolute Gasteiger partial charge is 0.223 e. The van der Waals surface area contributed by atoms with Crippen LogP contribution in [0.5, 0.6) is 5.75 Å². The van der Waals surface area contributed by atoms with E-state index >= 15 is 0 Å². The minimum absolute atomic E-state index is 0.155. The van der Waals surface area contributed by atoms with Crippen molar-refractivity contribution in [1.29, 1.82) is 0 Å². The van der Waals surface area contributed by atoms with Gasteiger partial charge in [-0.25, -0.2) is 9.97 Å². The van der Waals surface area contributed by atoms with Gasteiger partial charge in [-0.15, -0.1) is 0 Å². The van der Waals surface area contributed by atoms with E-state index in [1.807, 2.05) is 24.4 Å². The number of fused-ring (bicyclic) bond motifs is 1. The fourth-order valence-electron chi connectivity index (χ4n) is 3.68.